The topological polar surface area (TPSA) is 77.6 Å². The quantitative estimate of drug-likeness (QED) is 0.776. The number of hydrogen-bond donors (Lipinski definition) is 1. The van der Waals surface area contributed by atoms with Gasteiger partial charge >= 0.3 is 0 Å². The van der Waals surface area contributed by atoms with Gasteiger partial charge in [0.25, 0.3) is 5.91 Å². The summed E-state index contributed by atoms with van der Waals surface area (Å²) in [4.78, 5) is 16.5. The molecule has 3 aromatic heterocycles. The second-order valence-electron chi connectivity index (χ2n) is 5.01. The molecule has 0 bridgehead atoms. The van der Waals surface area contributed by atoms with E-state index >= 15 is 0 Å². The molecule has 0 unspecified atom stereocenters. The van der Waals surface area contributed by atoms with E-state index in [1.54, 1.807) is 21.8 Å². The summed E-state index contributed by atoms with van der Waals surface area (Å²) >= 11 is 0. The molecule has 0 saturated carbocycles. The average molecular weight is 284 g/mol. The van der Waals surface area contributed by atoms with Gasteiger partial charge in [-0.1, -0.05) is 0 Å². The highest BCUT2D eigenvalue weighted by atomic mass is 16.1. The van der Waals surface area contributed by atoms with Gasteiger partial charge in [-0.2, -0.15) is 10.2 Å². The molecule has 0 atom stereocenters. The summed E-state index contributed by atoms with van der Waals surface area (Å²) in [5.74, 6) is -0.156. The molecule has 1 amide bonds. The smallest absolute Gasteiger partial charge is 0.253 e. The Bertz CT molecular complexity index is 816. The first kappa shape index (κ1) is 13.3. The van der Waals surface area contributed by atoms with Crippen LogP contribution in [0.3, 0.4) is 0 Å². The molecular weight excluding hydrogens is 268 g/mol. The predicted molar refractivity (Wildman–Crippen MR) is 77.6 cm³/mol. The van der Waals surface area contributed by atoms with E-state index in [1.165, 1.54) is 0 Å². The van der Waals surface area contributed by atoms with Crippen molar-refractivity contribution in [3.63, 3.8) is 0 Å². The van der Waals surface area contributed by atoms with E-state index in [-0.39, 0.29) is 5.91 Å². The zero-order valence-electron chi connectivity index (χ0n) is 12.2. The van der Waals surface area contributed by atoms with E-state index in [2.05, 4.69) is 20.5 Å². The summed E-state index contributed by atoms with van der Waals surface area (Å²) in [6.45, 7) is 2.35. The van der Waals surface area contributed by atoms with Crippen molar-refractivity contribution < 1.29 is 4.79 Å². The fourth-order valence-corrected chi connectivity index (χ4v) is 2.28. The molecule has 21 heavy (non-hydrogen) atoms. The fourth-order valence-electron chi connectivity index (χ4n) is 2.28. The highest BCUT2D eigenvalue weighted by molar-refractivity contribution is 5.97. The molecule has 7 heteroatoms. The molecule has 1 N–H and O–H groups in total. The van der Waals surface area contributed by atoms with Crippen LogP contribution in [0.5, 0.6) is 0 Å². The van der Waals surface area contributed by atoms with E-state index < -0.39 is 0 Å². The highest BCUT2D eigenvalue weighted by Crippen LogP contribution is 2.16. The number of rotatable bonds is 3. The number of carbonyl (C=O) groups excluding carboxylic acids is 1. The normalized spacial score (nSPS) is 11.0. The summed E-state index contributed by atoms with van der Waals surface area (Å²) < 4.78 is 3.41. The molecule has 0 saturated heterocycles. The lowest BCUT2D eigenvalue weighted by molar-refractivity contribution is 0.0950. The van der Waals surface area contributed by atoms with Crippen LogP contribution in [0.2, 0.25) is 0 Å². The maximum Gasteiger partial charge on any atom is 0.253 e. The van der Waals surface area contributed by atoms with Gasteiger partial charge < -0.3 is 5.32 Å². The first-order valence-corrected chi connectivity index (χ1v) is 6.59. The van der Waals surface area contributed by atoms with Crippen molar-refractivity contribution >= 4 is 16.9 Å². The van der Waals surface area contributed by atoms with Crippen LogP contribution in [0, 0.1) is 6.92 Å². The van der Waals surface area contributed by atoms with Gasteiger partial charge in [0.05, 0.1) is 17.5 Å². The maximum atomic E-state index is 12.2. The summed E-state index contributed by atoms with van der Waals surface area (Å²) in [6.07, 6.45) is 5.17. The second kappa shape index (κ2) is 5.01. The summed E-state index contributed by atoms with van der Waals surface area (Å²) in [5, 5.41) is 12.1. The van der Waals surface area contributed by atoms with E-state index in [4.69, 9.17) is 0 Å². The monoisotopic (exact) mass is 284 g/mol. The molecular formula is C14H16N6O. The molecule has 0 radical (unpaired) electrons. The van der Waals surface area contributed by atoms with Crippen molar-refractivity contribution in [2.24, 2.45) is 14.1 Å². The number of aromatic nitrogens is 5. The standard InChI is InChI=1S/C14H16N6O/c1-9-12-4-11(7-15-13(12)20(3)18-9)14(21)16-5-10-6-17-19(2)8-10/h4,6-8H,5H2,1-3H3,(H,16,21). The molecule has 3 aromatic rings. The van der Waals surface area contributed by atoms with Crippen molar-refractivity contribution in [3.05, 3.63) is 41.5 Å². The van der Waals surface area contributed by atoms with Gasteiger partial charge in [0.15, 0.2) is 5.65 Å². The Labute approximate surface area is 121 Å². The number of carbonyl (C=O) groups is 1. The third kappa shape index (κ3) is 2.49. The van der Waals surface area contributed by atoms with Gasteiger partial charge in [-0.25, -0.2) is 4.98 Å². The molecule has 3 heterocycles. The van der Waals surface area contributed by atoms with Gasteiger partial charge in [-0.05, 0) is 13.0 Å². The Hall–Kier alpha value is -2.70. The third-order valence-electron chi connectivity index (χ3n) is 3.34. The zero-order chi connectivity index (χ0) is 15.0. The molecule has 0 aliphatic rings. The van der Waals surface area contributed by atoms with Crippen LogP contribution in [-0.4, -0.2) is 30.5 Å². The van der Waals surface area contributed by atoms with Gasteiger partial charge in [-0.15, -0.1) is 0 Å². The summed E-state index contributed by atoms with van der Waals surface area (Å²) in [7, 11) is 3.68. The van der Waals surface area contributed by atoms with Gasteiger partial charge in [0.1, 0.15) is 0 Å². The Morgan fingerprint density at radius 1 is 1.33 bits per heavy atom. The lowest BCUT2D eigenvalue weighted by atomic mass is 10.2. The molecule has 3 rings (SSSR count). The number of amides is 1. The van der Waals surface area contributed by atoms with E-state index in [0.717, 1.165) is 22.3 Å². The lowest BCUT2D eigenvalue weighted by Gasteiger charge is -2.03. The molecule has 0 spiro atoms. The highest BCUT2D eigenvalue weighted by Gasteiger charge is 2.11. The molecule has 0 aromatic carbocycles. The van der Waals surface area contributed by atoms with Crippen LogP contribution < -0.4 is 5.32 Å². The molecule has 7 nitrogen and oxygen atoms in total. The van der Waals surface area contributed by atoms with Crippen LogP contribution >= 0.6 is 0 Å². The van der Waals surface area contributed by atoms with E-state index in [1.807, 2.05) is 33.3 Å². The number of aryl methyl sites for hydroxylation is 3. The number of pyridine rings is 1. The van der Waals surface area contributed by atoms with Gasteiger partial charge in [-0.3, -0.25) is 14.2 Å². The largest absolute Gasteiger partial charge is 0.348 e. The number of fused-ring (bicyclic) bond motifs is 1. The Morgan fingerprint density at radius 3 is 2.86 bits per heavy atom. The minimum absolute atomic E-state index is 0.156. The fraction of sp³-hybridized carbons (Fsp3) is 0.286. The Balaban J connectivity index is 1.79. The maximum absolute atomic E-state index is 12.2. The van der Waals surface area contributed by atoms with Crippen LogP contribution in [0.25, 0.3) is 11.0 Å². The SMILES string of the molecule is Cc1nn(C)c2ncc(C(=O)NCc3cnn(C)c3)cc12. The number of nitrogens with zero attached hydrogens (tertiary/aromatic N) is 5. The Kier molecular flexibility index (Phi) is 3.17. The van der Waals surface area contributed by atoms with E-state index in [0.29, 0.717) is 12.1 Å². The molecule has 0 aliphatic carbocycles. The number of nitrogens with one attached hydrogen (secondary N) is 1. The third-order valence-corrected chi connectivity index (χ3v) is 3.34. The molecule has 108 valence electrons. The minimum atomic E-state index is -0.156. The zero-order valence-corrected chi connectivity index (χ0v) is 12.2. The van der Waals surface area contributed by atoms with Crippen LogP contribution in [0.1, 0.15) is 21.6 Å². The predicted octanol–water partition coefficient (Wildman–Crippen LogP) is 0.940. The van der Waals surface area contributed by atoms with Gasteiger partial charge in [0.2, 0.25) is 0 Å². The van der Waals surface area contributed by atoms with Crippen molar-refractivity contribution in [1.82, 2.24) is 29.9 Å². The van der Waals surface area contributed by atoms with Crippen LogP contribution in [0.4, 0.5) is 0 Å². The summed E-state index contributed by atoms with van der Waals surface area (Å²) in [6, 6.07) is 1.82. The summed E-state index contributed by atoms with van der Waals surface area (Å²) in [5.41, 5.74) is 3.12. The Morgan fingerprint density at radius 2 is 2.14 bits per heavy atom. The number of hydrogen-bond acceptors (Lipinski definition) is 4. The van der Waals surface area contributed by atoms with E-state index in [9.17, 15) is 4.79 Å². The lowest BCUT2D eigenvalue weighted by Crippen LogP contribution is -2.22. The van der Waals surface area contributed by atoms with Gasteiger partial charge in [0, 0.05) is 44.0 Å². The first-order valence-electron chi connectivity index (χ1n) is 6.59. The average Bonchev–Trinajstić information content (AvgIpc) is 3.00. The van der Waals surface area contributed by atoms with Crippen LogP contribution in [0.15, 0.2) is 24.7 Å². The molecule has 0 fully saturated rings. The van der Waals surface area contributed by atoms with Crippen molar-refractivity contribution in [2.75, 3.05) is 0 Å². The van der Waals surface area contributed by atoms with Crippen molar-refractivity contribution in [2.45, 2.75) is 13.5 Å². The van der Waals surface area contributed by atoms with Crippen molar-refractivity contribution in [1.29, 1.82) is 0 Å². The minimum Gasteiger partial charge on any atom is -0.348 e. The van der Waals surface area contributed by atoms with Crippen LogP contribution in [-0.2, 0) is 20.6 Å². The second-order valence-corrected chi connectivity index (χ2v) is 5.01. The molecule has 0 aliphatic heterocycles. The van der Waals surface area contributed by atoms with Crippen molar-refractivity contribution in [3.8, 4) is 0 Å². The first-order chi connectivity index (χ1) is 10.0.